The summed E-state index contributed by atoms with van der Waals surface area (Å²) in [5.41, 5.74) is 0.566. The van der Waals surface area contributed by atoms with E-state index in [1.165, 1.54) is 18.2 Å². The Labute approximate surface area is 87.9 Å². The Bertz CT molecular complexity index is 336. The van der Waals surface area contributed by atoms with E-state index in [1.807, 2.05) is 13.8 Å². The molecule has 0 amide bonds. The van der Waals surface area contributed by atoms with E-state index >= 15 is 0 Å². The Morgan fingerprint density at radius 2 is 2.07 bits per heavy atom. The molecule has 3 heteroatoms. The fourth-order valence-corrected chi connectivity index (χ4v) is 1.60. The van der Waals surface area contributed by atoms with Gasteiger partial charge in [-0.2, -0.15) is 0 Å². The number of hydrogen-bond acceptors (Lipinski definition) is 1. The number of halogens is 2. The molecule has 0 aliphatic carbocycles. The number of benzene rings is 1. The van der Waals surface area contributed by atoms with Crippen molar-refractivity contribution in [2.24, 2.45) is 5.92 Å². The number of rotatable bonds is 3. The van der Waals surface area contributed by atoms with Gasteiger partial charge in [-0.25, -0.2) is 4.39 Å². The van der Waals surface area contributed by atoms with Gasteiger partial charge in [-0.3, -0.25) is 0 Å². The van der Waals surface area contributed by atoms with Gasteiger partial charge in [0.2, 0.25) is 0 Å². The van der Waals surface area contributed by atoms with Crippen molar-refractivity contribution >= 4 is 17.9 Å². The smallest absolute Gasteiger partial charge is 0.127 e. The third-order valence-corrected chi connectivity index (χ3v) is 2.53. The van der Waals surface area contributed by atoms with Gasteiger partial charge < -0.3 is 4.79 Å². The molecule has 0 saturated carbocycles. The summed E-state index contributed by atoms with van der Waals surface area (Å²) in [6.45, 7) is 3.81. The second-order valence-corrected chi connectivity index (χ2v) is 3.98. The summed E-state index contributed by atoms with van der Waals surface area (Å²) in [6, 6.07) is 4.08. The van der Waals surface area contributed by atoms with Crippen LogP contribution in [0.5, 0.6) is 0 Å². The van der Waals surface area contributed by atoms with Gasteiger partial charge in [0.25, 0.3) is 0 Å². The molecule has 0 bridgehead atoms. The molecule has 1 aromatic carbocycles. The second kappa shape index (κ2) is 4.56. The summed E-state index contributed by atoms with van der Waals surface area (Å²) in [7, 11) is 0. The molecule has 1 aromatic rings. The Kier molecular flexibility index (Phi) is 3.64. The largest absolute Gasteiger partial charge is 0.303 e. The molecule has 0 aliphatic heterocycles. The van der Waals surface area contributed by atoms with Crippen molar-refractivity contribution in [1.82, 2.24) is 0 Å². The lowest BCUT2D eigenvalue weighted by molar-refractivity contribution is -0.109. The highest BCUT2D eigenvalue weighted by Gasteiger charge is 2.18. The molecule has 1 unspecified atom stereocenters. The summed E-state index contributed by atoms with van der Waals surface area (Å²) in [5.74, 6) is -0.582. The van der Waals surface area contributed by atoms with Crippen LogP contribution in [0.2, 0.25) is 5.02 Å². The zero-order valence-electron chi connectivity index (χ0n) is 8.13. The van der Waals surface area contributed by atoms with E-state index in [0.717, 1.165) is 6.29 Å². The zero-order valence-corrected chi connectivity index (χ0v) is 8.88. The van der Waals surface area contributed by atoms with Crippen molar-refractivity contribution in [3.05, 3.63) is 34.6 Å². The molecule has 1 atom stereocenters. The fraction of sp³-hybridized carbons (Fsp3) is 0.364. The first kappa shape index (κ1) is 11.2. The molecule has 0 aliphatic rings. The van der Waals surface area contributed by atoms with Crippen LogP contribution in [-0.2, 0) is 4.79 Å². The highest BCUT2D eigenvalue weighted by atomic mass is 35.5. The molecule has 14 heavy (non-hydrogen) atoms. The van der Waals surface area contributed by atoms with Crippen LogP contribution in [0.1, 0.15) is 25.3 Å². The molecule has 0 radical (unpaired) electrons. The van der Waals surface area contributed by atoms with Crippen LogP contribution in [0, 0.1) is 11.7 Å². The normalized spacial score (nSPS) is 12.9. The van der Waals surface area contributed by atoms with Gasteiger partial charge in [0.15, 0.2) is 0 Å². The Hall–Kier alpha value is -0.890. The molecule has 0 aromatic heterocycles. The lowest BCUT2D eigenvalue weighted by Gasteiger charge is -2.15. The van der Waals surface area contributed by atoms with Gasteiger partial charge >= 0.3 is 0 Å². The first-order valence-electron chi connectivity index (χ1n) is 4.46. The second-order valence-electron chi connectivity index (χ2n) is 3.57. The minimum atomic E-state index is -0.364. The molecule has 0 spiro atoms. The maximum absolute atomic E-state index is 12.9. The van der Waals surface area contributed by atoms with Crippen LogP contribution >= 0.6 is 11.6 Å². The summed E-state index contributed by atoms with van der Waals surface area (Å²) in [4.78, 5) is 10.8. The molecule has 0 fully saturated rings. The highest BCUT2D eigenvalue weighted by molar-refractivity contribution is 6.31. The molecule has 76 valence electrons. The van der Waals surface area contributed by atoms with Crippen LogP contribution < -0.4 is 0 Å². The summed E-state index contributed by atoms with van der Waals surface area (Å²) in [6.07, 6.45) is 0.811. The average molecular weight is 215 g/mol. The third kappa shape index (κ3) is 2.32. The Balaban J connectivity index is 3.15. The van der Waals surface area contributed by atoms with E-state index in [9.17, 15) is 9.18 Å². The summed E-state index contributed by atoms with van der Waals surface area (Å²) in [5, 5.41) is 0.442. The van der Waals surface area contributed by atoms with Crippen molar-refractivity contribution in [3.8, 4) is 0 Å². The predicted octanol–water partition coefficient (Wildman–Crippen LogP) is 3.42. The van der Waals surface area contributed by atoms with Gasteiger partial charge in [-0.1, -0.05) is 25.4 Å². The minimum absolute atomic E-state index is 0.117. The first-order chi connectivity index (χ1) is 6.56. The molecule has 1 nitrogen and oxygen atoms in total. The predicted molar refractivity (Wildman–Crippen MR) is 55.1 cm³/mol. The fourth-order valence-electron chi connectivity index (χ4n) is 1.36. The number of aldehydes is 1. The molecule has 1 rings (SSSR count). The highest BCUT2D eigenvalue weighted by Crippen LogP contribution is 2.29. The van der Waals surface area contributed by atoms with E-state index < -0.39 is 0 Å². The van der Waals surface area contributed by atoms with Gasteiger partial charge in [-0.05, 0) is 29.7 Å². The number of hydrogen-bond donors (Lipinski definition) is 0. The van der Waals surface area contributed by atoms with Gasteiger partial charge in [-0.15, -0.1) is 0 Å². The van der Waals surface area contributed by atoms with Gasteiger partial charge in [0, 0.05) is 10.9 Å². The van der Waals surface area contributed by atoms with Crippen LogP contribution in [0.15, 0.2) is 18.2 Å². The maximum Gasteiger partial charge on any atom is 0.127 e. The van der Waals surface area contributed by atoms with Gasteiger partial charge in [0.1, 0.15) is 12.1 Å². The molecular weight excluding hydrogens is 203 g/mol. The van der Waals surface area contributed by atoms with E-state index in [1.54, 1.807) is 0 Å². The van der Waals surface area contributed by atoms with Crippen molar-refractivity contribution < 1.29 is 9.18 Å². The lowest BCUT2D eigenvalue weighted by Crippen LogP contribution is -2.08. The van der Waals surface area contributed by atoms with Crippen LogP contribution in [0.3, 0.4) is 0 Å². The maximum atomic E-state index is 12.9. The molecule has 0 N–H and O–H groups in total. The Morgan fingerprint density at radius 3 is 2.57 bits per heavy atom. The van der Waals surface area contributed by atoms with Crippen LogP contribution in [0.4, 0.5) is 4.39 Å². The first-order valence-corrected chi connectivity index (χ1v) is 4.84. The van der Waals surface area contributed by atoms with Gasteiger partial charge in [0.05, 0.1) is 0 Å². The van der Waals surface area contributed by atoms with E-state index in [2.05, 4.69) is 0 Å². The van der Waals surface area contributed by atoms with Crippen molar-refractivity contribution in [1.29, 1.82) is 0 Å². The summed E-state index contributed by atoms with van der Waals surface area (Å²) >= 11 is 5.89. The number of carbonyl (C=O) groups excluding carboxylic acids is 1. The molecule has 0 saturated heterocycles. The lowest BCUT2D eigenvalue weighted by atomic mass is 9.90. The quantitative estimate of drug-likeness (QED) is 0.705. The number of carbonyl (C=O) groups is 1. The van der Waals surface area contributed by atoms with Crippen LogP contribution in [-0.4, -0.2) is 6.29 Å². The summed E-state index contributed by atoms with van der Waals surface area (Å²) < 4.78 is 12.9. The average Bonchev–Trinajstić information content (AvgIpc) is 2.11. The third-order valence-electron chi connectivity index (χ3n) is 2.18. The van der Waals surface area contributed by atoms with Crippen molar-refractivity contribution in [2.75, 3.05) is 0 Å². The molecular formula is C11H12ClFO. The van der Waals surface area contributed by atoms with Crippen molar-refractivity contribution in [2.45, 2.75) is 19.8 Å². The van der Waals surface area contributed by atoms with E-state index in [0.29, 0.717) is 10.6 Å². The standard InChI is InChI=1S/C11H12ClFO/c1-7(2)10(6-14)9-5-8(13)3-4-11(9)12/h3-7,10H,1-2H3. The van der Waals surface area contributed by atoms with Crippen LogP contribution in [0.25, 0.3) is 0 Å². The minimum Gasteiger partial charge on any atom is -0.303 e. The molecule has 0 heterocycles. The Morgan fingerprint density at radius 1 is 1.43 bits per heavy atom. The van der Waals surface area contributed by atoms with E-state index in [4.69, 9.17) is 11.6 Å². The topological polar surface area (TPSA) is 17.1 Å². The monoisotopic (exact) mass is 214 g/mol. The van der Waals surface area contributed by atoms with E-state index in [-0.39, 0.29) is 17.7 Å². The van der Waals surface area contributed by atoms with Crippen molar-refractivity contribution in [3.63, 3.8) is 0 Å². The SMILES string of the molecule is CC(C)C(C=O)c1cc(F)ccc1Cl. The zero-order chi connectivity index (χ0) is 10.7.